The molecular formula is C24H17N5OS3. The Morgan fingerprint density at radius 1 is 1.00 bits per heavy atom. The van der Waals surface area contributed by atoms with Crippen molar-refractivity contribution >= 4 is 71.4 Å². The number of thioether (sulfide) groups is 1. The van der Waals surface area contributed by atoms with Gasteiger partial charge in [0.2, 0.25) is 10.9 Å². The number of thiazole rings is 2. The highest BCUT2D eigenvalue weighted by atomic mass is 32.2. The molecule has 6 aromatic rings. The highest BCUT2D eigenvalue weighted by molar-refractivity contribution is 7.99. The van der Waals surface area contributed by atoms with Crippen molar-refractivity contribution in [2.45, 2.75) is 12.1 Å². The lowest BCUT2D eigenvalue weighted by atomic mass is 10.2. The van der Waals surface area contributed by atoms with Gasteiger partial charge >= 0.3 is 0 Å². The van der Waals surface area contributed by atoms with Crippen LogP contribution in [0, 0.1) is 6.92 Å². The number of rotatable bonds is 5. The smallest absolute Gasteiger partial charge is 0.234 e. The highest BCUT2D eigenvalue weighted by Gasteiger charge is 2.14. The van der Waals surface area contributed by atoms with Gasteiger partial charge < -0.3 is 5.32 Å². The Morgan fingerprint density at radius 3 is 2.73 bits per heavy atom. The summed E-state index contributed by atoms with van der Waals surface area (Å²) in [5, 5.41) is 13.2. The molecule has 1 N–H and O–H groups in total. The second-order valence-corrected chi connectivity index (χ2v) is 10.6. The van der Waals surface area contributed by atoms with E-state index in [1.807, 2.05) is 46.9 Å². The molecule has 0 fully saturated rings. The molecule has 0 saturated heterocycles. The molecule has 162 valence electrons. The molecule has 0 radical (unpaired) electrons. The predicted octanol–water partition coefficient (Wildman–Crippen LogP) is 6.26. The Balaban J connectivity index is 1.14. The number of anilines is 1. The molecule has 3 heterocycles. The molecule has 33 heavy (non-hydrogen) atoms. The van der Waals surface area contributed by atoms with Gasteiger partial charge in [-0.15, -0.1) is 21.5 Å². The molecule has 0 spiro atoms. The van der Waals surface area contributed by atoms with Crippen LogP contribution < -0.4 is 5.32 Å². The van der Waals surface area contributed by atoms with Gasteiger partial charge in [0.05, 0.1) is 26.2 Å². The Kier molecular flexibility index (Phi) is 5.09. The van der Waals surface area contributed by atoms with E-state index in [1.165, 1.54) is 22.0 Å². The number of nitrogens with zero attached hydrogens (tertiary/aromatic N) is 4. The first-order valence-electron chi connectivity index (χ1n) is 10.3. The molecule has 6 rings (SSSR count). The molecule has 0 saturated carbocycles. The van der Waals surface area contributed by atoms with Gasteiger partial charge in [0.1, 0.15) is 5.01 Å². The SMILES string of the molecule is Cc1ccc2nc(-c3ccc(NC(=O)CSc4nnc5sc6ccccc6n45)cc3)sc2c1. The molecule has 0 aliphatic heterocycles. The van der Waals surface area contributed by atoms with E-state index in [9.17, 15) is 4.79 Å². The number of hydrogen-bond donors (Lipinski definition) is 1. The van der Waals surface area contributed by atoms with Crippen LogP contribution in [0.15, 0.2) is 71.9 Å². The quantitative estimate of drug-likeness (QED) is 0.291. The second-order valence-electron chi connectivity index (χ2n) is 7.57. The summed E-state index contributed by atoms with van der Waals surface area (Å²) in [7, 11) is 0. The Labute approximate surface area is 201 Å². The van der Waals surface area contributed by atoms with Gasteiger partial charge in [-0.25, -0.2) is 4.98 Å². The second kappa shape index (κ2) is 8.26. The molecule has 0 atom stereocenters. The van der Waals surface area contributed by atoms with E-state index < -0.39 is 0 Å². The Bertz CT molecular complexity index is 1630. The first kappa shape index (κ1) is 20.3. The van der Waals surface area contributed by atoms with Crippen LogP contribution in [0.5, 0.6) is 0 Å². The zero-order valence-electron chi connectivity index (χ0n) is 17.5. The topological polar surface area (TPSA) is 72.2 Å². The van der Waals surface area contributed by atoms with E-state index in [2.05, 4.69) is 46.7 Å². The number of hydrogen-bond acceptors (Lipinski definition) is 7. The number of para-hydroxylation sites is 1. The first-order chi connectivity index (χ1) is 16.1. The summed E-state index contributed by atoms with van der Waals surface area (Å²) in [5.41, 5.74) is 5.10. The summed E-state index contributed by atoms with van der Waals surface area (Å²) < 4.78 is 4.34. The fourth-order valence-electron chi connectivity index (χ4n) is 3.63. The normalized spacial score (nSPS) is 11.5. The zero-order valence-corrected chi connectivity index (χ0v) is 19.9. The molecule has 0 bridgehead atoms. The van der Waals surface area contributed by atoms with E-state index in [0.717, 1.165) is 42.1 Å². The van der Waals surface area contributed by atoms with Gasteiger partial charge in [0, 0.05) is 11.3 Å². The van der Waals surface area contributed by atoms with Crippen LogP contribution in [-0.4, -0.2) is 31.2 Å². The van der Waals surface area contributed by atoms with Crippen molar-refractivity contribution in [3.05, 3.63) is 72.3 Å². The van der Waals surface area contributed by atoms with E-state index >= 15 is 0 Å². The lowest BCUT2D eigenvalue weighted by Crippen LogP contribution is -2.14. The van der Waals surface area contributed by atoms with Crippen molar-refractivity contribution in [1.82, 2.24) is 19.6 Å². The third-order valence-corrected chi connectivity index (χ3v) is 8.21. The van der Waals surface area contributed by atoms with Crippen molar-refractivity contribution in [3.8, 4) is 10.6 Å². The van der Waals surface area contributed by atoms with Crippen molar-refractivity contribution in [1.29, 1.82) is 0 Å². The van der Waals surface area contributed by atoms with Crippen molar-refractivity contribution in [2.24, 2.45) is 0 Å². The average molecular weight is 488 g/mol. The average Bonchev–Trinajstić information content (AvgIpc) is 3.51. The van der Waals surface area contributed by atoms with E-state index in [4.69, 9.17) is 4.98 Å². The van der Waals surface area contributed by atoms with E-state index in [0.29, 0.717) is 0 Å². The van der Waals surface area contributed by atoms with Gasteiger partial charge in [-0.1, -0.05) is 41.3 Å². The summed E-state index contributed by atoms with van der Waals surface area (Å²) in [4.78, 5) is 18.1. The van der Waals surface area contributed by atoms with Gasteiger partial charge in [-0.2, -0.15) is 0 Å². The minimum Gasteiger partial charge on any atom is -0.325 e. The Hall–Kier alpha value is -3.27. The summed E-state index contributed by atoms with van der Waals surface area (Å²) in [5.74, 6) is 0.170. The summed E-state index contributed by atoms with van der Waals surface area (Å²) >= 11 is 4.65. The van der Waals surface area contributed by atoms with Gasteiger partial charge in [-0.3, -0.25) is 9.20 Å². The summed E-state index contributed by atoms with van der Waals surface area (Å²) in [6.45, 7) is 2.09. The van der Waals surface area contributed by atoms with Crippen molar-refractivity contribution in [3.63, 3.8) is 0 Å². The maximum absolute atomic E-state index is 12.6. The predicted molar refractivity (Wildman–Crippen MR) is 138 cm³/mol. The molecule has 0 aliphatic rings. The highest BCUT2D eigenvalue weighted by Crippen LogP contribution is 2.32. The monoisotopic (exact) mass is 487 g/mol. The largest absolute Gasteiger partial charge is 0.325 e. The minimum atomic E-state index is -0.0838. The Morgan fingerprint density at radius 2 is 1.85 bits per heavy atom. The number of aryl methyl sites for hydroxylation is 1. The number of carbonyl (C=O) groups is 1. The molecule has 0 unspecified atom stereocenters. The van der Waals surface area contributed by atoms with Gasteiger partial charge in [0.25, 0.3) is 0 Å². The van der Waals surface area contributed by atoms with Crippen LogP contribution >= 0.6 is 34.4 Å². The van der Waals surface area contributed by atoms with Crippen LogP contribution in [0.2, 0.25) is 0 Å². The van der Waals surface area contributed by atoms with Crippen LogP contribution in [0.4, 0.5) is 5.69 Å². The molecule has 3 aromatic carbocycles. The van der Waals surface area contributed by atoms with Crippen LogP contribution in [0.1, 0.15) is 5.56 Å². The number of benzene rings is 3. The van der Waals surface area contributed by atoms with Crippen LogP contribution in [-0.2, 0) is 4.79 Å². The third-order valence-electron chi connectivity index (χ3n) is 5.20. The first-order valence-corrected chi connectivity index (χ1v) is 12.9. The molecule has 9 heteroatoms. The number of aromatic nitrogens is 4. The maximum Gasteiger partial charge on any atom is 0.234 e. The molecule has 3 aromatic heterocycles. The summed E-state index contributed by atoms with van der Waals surface area (Å²) in [6, 6.07) is 22.2. The van der Waals surface area contributed by atoms with E-state index in [-0.39, 0.29) is 11.7 Å². The minimum absolute atomic E-state index is 0.0838. The third kappa shape index (κ3) is 3.88. The van der Waals surface area contributed by atoms with E-state index in [1.54, 1.807) is 22.7 Å². The molecule has 6 nitrogen and oxygen atoms in total. The molecule has 0 aliphatic carbocycles. The van der Waals surface area contributed by atoms with Crippen LogP contribution in [0.25, 0.3) is 36.0 Å². The standard InChI is InChI=1S/C24H17N5OS3/c1-14-6-11-17-20(12-14)32-22(26-17)15-7-9-16(10-8-15)25-21(30)13-31-23-27-28-24-29(23)18-4-2-3-5-19(18)33-24/h2-12H,13H2,1H3,(H,25,30). The van der Waals surface area contributed by atoms with Crippen LogP contribution in [0.3, 0.4) is 0 Å². The number of nitrogens with one attached hydrogen (secondary N) is 1. The maximum atomic E-state index is 12.6. The number of carbonyl (C=O) groups excluding carboxylic acids is 1. The van der Waals surface area contributed by atoms with Crippen molar-refractivity contribution in [2.75, 3.05) is 11.1 Å². The lowest BCUT2D eigenvalue weighted by molar-refractivity contribution is -0.113. The molecule has 1 amide bonds. The fraction of sp³-hybridized carbons (Fsp3) is 0.0833. The van der Waals surface area contributed by atoms with Gasteiger partial charge in [-0.05, 0) is 61.0 Å². The number of amides is 1. The zero-order chi connectivity index (χ0) is 22.4. The fourth-order valence-corrected chi connectivity index (χ4v) is 6.46. The lowest BCUT2D eigenvalue weighted by Gasteiger charge is -2.05. The van der Waals surface area contributed by atoms with Crippen molar-refractivity contribution < 1.29 is 4.79 Å². The summed E-state index contributed by atoms with van der Waals surface area (Å²) in [6.07, 6.45) is 0. The molecular weight excluding hydrogens is 470 g/mol. The number of fused-ring (bicyclic) bond motifs is 4. The van der Waals surface area contributed by atoms with Gasteiger partial charge in [0.15, 0.2) is 5.16 Å².